The van der Waals surface area contributed by atoms with Crippen molar-refractivity contribution in [1.82, 2.24) is 4.57 Å². The quantitative estimate of drug-likeness (QED) is 0.375. The van der Waals surface area contributed by atoms with Gasteiger partial charge in [-0.25, -0.2) is 0 Å². The summed E-state index contributed by atoms with van der Waals surface area (Å²) in [5.41, 5.74) is 2.13. The van der Waals surface area contributed by atoms with Crippen LogP contribution in [0.2, 0.25) is 0 Å². The molecular weight excluding hydrogens is 462 g/mol. The first kappa shape index (κ1) is 25.4. The summed E-state index contributed by atoms with van der Waals surface area (Å²) in [5, 5.41) is 21.0. The van der Waals surface area contributed by atoms with E-state index in [1.54, 1.807) is 7.11 Å². The first-order valence-electron chi connectivity index (χ1n) is 12.2. The molecule has 2 aromatic carbocycles. The molecule has 2 N–H and O–H groups in total. The molecule has 8 nitrogen and oxygen atoms in total. The number of carbonyl (C=O) groups is 1. The third kappa shape index (κ3) is 6.12. The van der Waals surface area contributed by atoms with Crippen LogP contribution in [0.5, 0.6) is 29.0 Å². The van der Waals surface area contributed by atoms with Gasteiger partial charge in [-0.15, -0.1) is 0 Å². The normalized spacial score (nSPS) is 17.5. The SMILES string of the molecule is COc1cc(CCOC2CCCCC2n2c(O)cc(OC(C)=O)c2O)ccc1OCc1ccccc1. The van der Waals surface area contributed by atoms with Gasteiger partial charge in [0.1, 0.15) is 6.61 Å². The minimum atomic E-state index is -0.564. The Morgan fingerprint density at radius 2 is 1.75 bits per heavy atom. The third-order valence-corrected chi connectivity index (χ3v) is 6.40. The lowest BCUT2D eigenvalue weighted by molar-refractivity contribution is -0.132. The van der Waals surface area contributed by atoms with Crippen molar-refractivity contribution in [3.05, 3.63) is 65.7 Å². The molecule has 1 aliphatic rings. The van der Waals surface area contributed by atoms with Gasteiger partial charge >= 0.3 is 5.97 Å². The number of hydrogen-bond donors (Lipinski definition) is 2. The van der Waals surface area contributed by atoms with Crippen molar-refractivity contribution < 1.29 is 34.0 Å². The van der Waals surface area contributed by atoms with Crippen LogP contribution in [0.1, 0.15) is 49.8 Å². The average Bonchev–Trinajstić information content (AvgIpc) is 3.15. The zero-order valence-corrected chi connectivity index (χ0v) is 20.7. The second-order valence-electron chi connectivity index (χ2n) is 8.92. The third-order valence-electron chi connectivity index (χ3n) is 6.40. The summed E-state index contributed by atoms with van der Waals surface area (Å²) >= 11 is 0. The summed E-state index contributed by atoms with van der Waals surface area (Å²) in [5.74, 6) is 0.315. The minimum Gasteiger partial charge on any atom is -0.494 e. The summed E-state index contributed by atoms with van der Waals surface area (Å²) in [7, 11) is 1.62. The fourth-order valence-electron chi connectivity index (χ4n) is 4.65. The number of ether oxygens (including phenoxy) is 4. The molecule has 1 aliphatic carbocycles. The number of aromatic hydroxyl groups is 2. The first-order chi connectivity index (χ1) is 17.5. The van der Waals surface area contributed by atoms with Crippen LogP contribution in [-0.2, 0) is 22.6 Å². The molecule has 0 amide bonds. The van der Waals surface area contributed by atoms with Gasteiger partial charge in [-0.05, 0) is 42.5 Å². The van der Waals surface area contributed by atoms with Crippen LogP contribution in [0.3, 0.4) is 0 Å². The van der Waals surface area contributed by atoms with Gasteiger partial charge in [-0.2, -0.15) is 0 Å². The monoisotopic (exact) mass is 495 g/mol. The Balaban J connectivity index is 1.37. The molecule has 2 atom stereocenters. The molecule has 0 spiro atoms. The van der Waals surface area contributed by atoms with Crippen molar-refractivity contribution in [2.75, 3.05) is 13.7 Å². The van der Waals surface area contributed by atoms with Gasteiger partial charge in [0, 0.05) is 13.0 Å². The zero-order valence-electron chi connectivity index (χ0n) is 20.7. The summed E-state index contributed by atoms with van der Waals surface area (Å²) in [4.78, 5) is 11.3. The molecule has 8 heteroatoms. The lowest BCUT2D eigenvalue weighted by Crippen LogP contribution is -2.30. The number of carbonyl (C=O) groups excluding carboxylic acids is 1. The van der Waals surface area contributed by atoms with E-state index in [-0.39, 0.29) is 29.7 Å². The van der Waals surface area contributed by atoms with E-state index in [9.17, 15) is 15.0 Å². The highest BCUT2D eigenvalue weighted by molar-refractivity contribution is 5.70. The van der Waals surface area contributed by atoms with Crippen molar-refractivity contribution >= 4 is 5.97 Å². The largest absolute Gasteiger partial charge is 0.494 e. The van der Waals surface area contributed by atoms with Gasteiger partial charge in [0.25, 0.3) is 0 Å². The van der Waals surface area contributed by atoms with E-state index in [2.05, 4.69) is 0 Å². The molecule has 192 valence electrons. The fraction of sp³-hybridized carbons (Fsp3) is 0.393. The summed E-state index contributed by atoms with van der Waals surface area (Å²) in [6.07, 6.45) is 3.97. The number of hydrogen-bond acceptors (Lipinski definition) is 7. The highest BCUT2D eigenvalue weighted by atomic mass is 16.5. The van der Waals surface area contributed by atoms with Crippen LogP contribution in [0.4, 0.5) is 0 Å². The maximum Gasteiger partial charge on any atom is 0.308 e. The second-order valence-corrected chi connectivity index (χ2v) is 8.92. The lowest BCUT2D eigenvalue weighted by atomic mass is 9.92. The van der Waals surface area contributed by atoms with Crippen molar-refractivity contribution in [3.8, 4) is 29.0 Å². The smallest absolute Gasteiger partial charge is 0.308 e. The molecule has 1 heterocycles. The van der Waals surface area contributed by atoms with Gasteiger partial charge < -0.3 is 29.2 Å². The molecule has 2 unspecified atom stereocenters. The summed E-state index contributed by atoms with van der Waals surface area (Å²) < 4.78 is 24.1. The maximum absolute atomic E-state index is 11.3. The molecule has 36 heavy (non-hydrogen) atoms. The molecule has 4 rings (SSSR count). The Kier molecular flexibility index (Phi) is 8.38. The van der Waals surface area contributed by atoms with Crippen molar-refractivity contribution in [3.63, 3.8) is 0 Å². The highest BCUT2D eigenvalue weighted by Crippen LogP contribution is 2.43. The van der Waals surface area contributed by atoms with E-state index in [0.717, 1.165) is 36.8 Å². The van der Waals surface area contributed by atoms with Gasteiger partial charge in [0.15, 0.2) is 23.1 Å². The molecule has 0 bridgehead atoms. The predicted octanol–water partition coefficient (Wildman–Crippen LogP) is 5.16. The molecule has 3 aromatic rings. The van der Waals surface area contributed by atoms with E-state index in [0.29, 0.717) is 31.1 Å². The fourth-order valence-corrected chi connectivity index (χ4v) is 4.65. The number of esters is 1. The Labute approximate surface area is 211 Å². The van der Waals surface area contributed by atoms with Gasteiger partial charge in [-0.1, -0.05) is 49.2 Å². The second kappa shape index (κ2) is 11.9. The van der Waals surface area contributed by atoms with Crippen LogP contribution in [0.25, 0.3) is 0 Å². The molecule has 0 aliphatic heterocycles. The van der Waals surface area contributed by atoms with Crippen molar-refractivity contribution in [2.45, 2.75) is 57.8 Å². The topological polar surface area (TPSA) is 99.4 Å². The van der Waals surface area contributed by atoms with E-state index in [1.807, 2.05) is 48.5 Å². The Morgan fingerprint density at radius 3 is 2.50 bits per heavy atom. The molecule has 1 fully saturated rings. The number of methoxy groups -OCH3 is 1. The molecule has 0 saturated heterocycles. The van der Waals surface area contributed by atoms with Crippen LogP contribution in [-0.4, -0.2) is 40.6 Å². The average molecular weight is 496 g/mol. The number of rotatable bonds is 10. The minimum absolute atomic E-state index is 0.0500. The summed E-state index contributed by atoms with van der Waals surface area (Å²) in [6, 6.07) is 16.8. The number of benzene rings is 2. The van der Waals surface area contributed by atoms with Gasteiger partial charge in [-0.3, -0.25) is 9.36 Å². The van der Waals surface area contributed by atoms with Crippen LogP contribution < -0.4 is 14.2 Å². The molecule has 1 aromatic heterocycles. The zero-order chi connectivity index (χ0) is 25.5. The van der Waals surface area contributed by atoms with E-state index in [4.69, 9.17) is 18.9 Å². The first-order valence-corrected chi connectivity index (χ1v) is 12.2. The van der Waals surface area contributed by atoms with E-state index >= 15 is 0 Å². The standard InChI is InChI=1S/C28H33NO7/c1-19(30)36-26-17-27(31)29(28(26)32)22-10-6-7-11-23(22)34-15-14-20-12-13-24(25(16-20)33-2)35-18-21-8-4-3-5-9-21/h3-5,8-9,12-13,16-17,22-23,31-32H,6-7,10-11,14-15,18H2,1-2H3. The van der Waals surface area contributed by atoms with Crippen LogP contribution >= 0.6 is 0 Å². The molecule has 0 radical (unpaired) electrons. The Morgan fingerprint density at radius 1 is 0.972 bits per heavy atom. The van der Waals surface area contributed by atoms with Crippen LogP contribution in [0, 0.1) is 0 Å². The van der Waals surface area contributed by atoms with Gasteiger partial charge in [0.05, 0.1) is 25.9 Å². The van der Waals surface area contributed by atoms with Crippen LogP contribution in [0.15, 0.2) is 54.6 Å². The van der Waals surface area contributed by atoms with E-state index in [1.165, 1.54) is 17.6 Å². The summed E-state index contributed by atoms with van der Waals surface area (Å²) in [6.45, 7) is 2.17. The predicted molar refractivity (Wildman–Crippen MR) is 134 cm³/mol. The number of aromatic nitrogens is 1. The van der Waals surface area contributed by atoms with Gasteiger partial charge in [0.2, 0.25) is 5.88 Å². The van der Waals surface area contributed by atoms with E-state index < -0.39 is 5.97 Å². The molecular formula is C28H33NO7. The molecule has 1 saturated carbocycles. The number of nitrogens with zero attached hydrogens (tertiary/aromatic N) is 1. The van der Waals surface area contributed by atoms with Crippen molar-refractivity contribution in [1.29, 1.82) is 0 Å². The lowest BCUT2D eigenvalue weighted by Gasteiger charge is -2.33. The Bertz CT molecular complexity index is 1160. The highest BCUT2D eigenvalue weighted by Gasteiger charge is 2.32. The maximum atomic E-state index is 11.3. The van der Waals surface area contributed by atoms with Crippen molar-refractivity contribution in [2.24, 2.45) is 0 Å². The Hall–Kier alpha value is -3.65.